The van der Waals surface area contributed by atoms with E-state index in [-0.39, 0.29) is 41.6 Å². The number of carbonyl (C=O) groups is 5. The van der Waals surface area contributed by atoms with Crippen LogP contribution in [0.15, 0.2) is 42.6 Å². The maximum absolute atomic E-state index is 13.3. The van der Waals surface area contributed by atoms with Crippen molar-refractivity contribution in [1.82, 2.24) is 30.0 Å². The Balaban J connectivity index is 0.819. The SMILES string of the molecule is CNc1nc(Nc2ccc(C(=O)N3CCN(CCOCCOCCOCCNc4cccc5c4C(=O)N(C4CCC(=O)NC4=O)C5=O)CC3)cc2OC)ncc1C(F)(F)F. The molecule has 21 heteroatoms. The van der Waals surface area contributed by atoms with Crippen LogP contribution in [0.1, 0.15) is 49.5 Å². The normalized spacial score (nSPS) is 17.1. The van der Waals surface area contributed by atoms with E-state index < -0.39 is 41.4 Å². The first-order chi connectivity index (χ1) is 28.9. The van der Waals surface area contributed by atoms with E-state index in [1.807, 2.05) is 0 Å². The number of nitrogens with one attached hydrogen (secondary N) is 4. The third-order valence-corrected chi connectivity index (χ3v) is 10.0. The third kappa shape index (κ3) is 10.4. The molecule has 322 valence electrons. The molecule has 0 bridgehead atoms. The highest BCUT2D eigenvalue weighted by Gasteiger charge is 2.45. The van der Waals surface area contributed by atoms with Crippen LogP contribution in [-0.4, -0.2) is 153 Å². The first-order valence-corrected chi connectivity index (χ1v) is 19.3. The van der Waals surface area contributed by atoms with Crippen molar-refractivity contribution in [3.8, 4) is 5.75 Å². The highest BCUT2D eigenvalue weighted by molar-refractivity contribution is 6.25. The fraction of sp³-hybridized carbons (Fsp3) is 0.462. The molecule has 3 aliphatic rings. The Bertz CT molecular complexity index is 2060. The van der Waals surface area contributed by atoms with Crippen molar-refractivity contribution in [3.05, 3.63) is 64.8 Å². The van der Waals surface area contributed by atoms with Gasteiger partial charge in [0.2, 0.25) is 17.8 Å². The highest BCUT2D eigenvalue weighted by Crippen LogP contribution is 2.35. The number of methoxy groups -OCH3 is 1. The van der Waals surface area contributed by atoms with Gasteiger partial charge in [-0.15, -0.1) is 0 Å². The number of hydrogen-bond donors (Lipinski definition) is 4. The number of ether oxygens (including phenoxy) is 4. The van der Waals surface area contributed by atoms with E-state index in [0.29, 0.717) is 108 Å². The molecule has 18 nitrogen and oxygen atoms in total. The summed E-state index contributed by atoms with van der Waals surface area (Å²) in [6.45, 7) is 5.66. The number of carbonyl (C=O) groups excluding carboxylic acids is 5. The zero-order valence-electron chi connectivity index (χ0n) is 33.1. The Kier molecular flexibility index (Phi) is 14.5. The predicted octanol–water partition coefficient (Wildman–Crippen LogP) is 2.61. The molecule has 0 aliphatic carbocycles. The minimum atomic E-state index is -4.62. The molecule has 5 amide bonds. The average Bonchev–Trinajstić information content (AvgIpc) is 3.49. The molecule has 4 N–H and O–H groups in total. The number of hydrogen-bond acceptors (Lipinski definition) is 15. The third-order valence-electron chi connectivity index (χ3n) is 10.0. The Morgan fingerprint density at radius 2 is 1.63 bits per heavy atom. The summed E-state index contributed by atoms with van der Waals surface area (Å²) in [5.41, 5.74) is 0.616. The number of rotatable bonds is 19. The van der Waals surface area contributed by atoms with E-state index in [1.54, 1.807) is 35.2 Å². The summed E-state index contributed by atoms with van der Waals surface area (Å²) >= 11 is 0. The smallest absolute Gasteiger partial charge is 0.421 e. The number of benzene rings is 2. The maximum atomic E-state index is 13.3. The molecule has 3 aliphatic heterocycles. The summed E-state index contributed by atoms with van der Waals surface area (Å²) in [6.07, 6.45) is -3.80. The quantitative estimate of drug-likeness (QED) is 0.101. The van der Waals surface area contributed by atoms with Crippen molar-refractivity contribution in [3.63, 3.8) is 0 Å². The highest BCUT2D eigenvalue weighted by atomic mass is 19.4. The average molecular weight is 842 g/mol. The van der Waals surface area contributed by atoms with Crippen molar-refractivity contribution in [2.24, 2.45) is 0 Å². The van der Waals surface area contributed by atoms with Gasteiger partial charge in [-0.3, -0.25) is 39.1 Å². The number of alkyl halides is 3. The van der Waals surface area contributed by atoms with Crippen LogP contribution in [0.3, 0.4) is 0 Å². The van der Waals surface area contributed by atoms with Gasteiger partial charge in [-0.05, 0) is 36.8 Å². The Morgan fingerprint density at radius 1 is 0.917 bits per heavy atom. The van der Waals surface area contributed by atoms with Crippen LogP contribution in [-0.2, 0) is 30.0 Å². The summed E-state index contributed by atoms with van der Waals surface area (Å²) in [5, 5.41) is 10.6. The number of piperazine rings is 1. The van der Waals surface area contributed by atoms with Crippen molar-refractivity contribution in [2.75, 3.05) is 109 Å². The molecule has 2 fully saturated rings. The summed E-state index contributed by atoms with van der Waals surface area (Å²) in [7, 11) is 2.75. The lowest BCUT2D eigenvalue weighted by molar-refractivity contribution is -0.138. The zero-order valence-corrected chi connectivity index (χ0v) is 33.1. The summed E-state index contributed by atoms with van der Waals surface area (Å²) in [6, 6.07) is 8.59. The second kappa shape index (κ2) is 19.9. The van der Waals surface area contributed by atoms with Crippen LogP contribution < -0.4 is 26.0 Å². The van der Waals surface area contributed by atoms with Crippen LogP contribution in [0.2, 0.25) is 0 Å². The van der Waals surface area contributed by atoms with Crippen LogP contribution >= 0.6 is 0 Å². The number of aromatic nitrogens is 2. The Morgan fingerprint density at radius 3 is 2.32 bits per heavy atom. The lowest BCUT2D eigenvalue weighted by Gasteiger charge is -2.34. The number of nitrogens with zero attached hydrogens (tertiary/aromatic N) is 5. The van der Waals surface area contributed by atoms with Crippen molar-refractivity contribution >= 4 is 52.7 Å². The van der Waals surface area contributed by atoms with Gasteiger partial charge in [-0.25, -0.2) is 4.98 Å². The van der Waals surface area contributed by atoms with Crippen molar-refractivity contribution < 1.29 is 56.1 Å². The lowest BCUT2D eigenvalue weighted by Crippen LogP contribution is -2.54. The predicted molar refractivity (Wildman–Crippen MR) is 209 cm³/mol. The number of imide groups is 2. The standard InChI is InChI=1S/C39H46F3N9O9/c1-43-33-26(39(40,41)42)23-45-38(48-33)46-27-7-6-24(22-30(27)57-2)35(54)50-13-11-49(12-14-50)15-17-59-19-21-60-20-18-58-16-10-44-28-5-3-4-25-32(28)37(56)51(36(25)55)29-8-9-31(52)47-34(29)53/h3-7,22-23,29,44H,8-21H2,1-2H3,(H,47,52,53)(H2,43,45,46,48). The van der Waals surface area contributed by atoms with Gasteiger partial charge in [-0.2, -0.15) is 18.2 Å². The van der Waals surface area contributed by atoms with Gasteiger partial charge >= 0.3 is 6.18 Å². The molecule has 2 aromatic carbocycles. The van der Waals surface area contributed by atoms with Gasteiger partial charge in [0.25, 0.3) is 17.7 Å². The molecular formula is C39H46F3N9O9. The van der Waals surface area contributed by atoms with Gasteiger partial charge in [-0.1, -0.05) is 6.07 Å². The second-order valence-corrected chi connectivity index (χ2v) is 13.8. The van der Waals surface area contributed by atoms with Crippen molar-refractivity contribution in [2.45, 2.75) is 25.1 Å². The van der Waals surface area contributed by atoms with E-state index in [1.165, 1.54) is 20.2 Å². The number of fused-ring (bicyclic) bond motifs is 1. The van der Waals surface area contributed by atoms with E-state index in [2.05, 4.69) is 36.1 Å². The molecule has 60 heavy (non-hydrogen) atoms. The monoisotopic (exact) mass is 841 g/mol. The molecule has 6 rings (SSSR count). The summed E-state index contributed by atoms with van der Waals surface area (Å²) in [5.74, 6) is -2.58. The molecule has 4 heterocycles. The number of anilines is 4. The summed E-state index contributed by atoms with van der Waals surface area (Å²) in [4.78, 5) is 76.0. The van der Waals surface area contributed by atoms with Gasteiger partial charge in [0.05, 0.1) is 63.6 Å². The van der Waals surface area contributed by atoms with E-state index in [0.717, 1.165) is 4.90 Å². The van der Waals surface area contributed by atoms with Gasteiger partial charge < -0.3 is 39.8 Å². The Labute approximate surface area is 343 Å². The van der Waals surface area contributed by atoms with Gasteiger partial charge in [0.1, 0.15) is 23.2 Å². The minimum absolute atomic E-state index is 0.0466. The summed E-state index contributed by atoms with van der Waals surface area (Å²) < 4.78 is 62.1. The molecule has 1 atom stereocenters. The minimum Gasteiger partial charge on any atom is -0.495 e. The van der Waals surface area contributed by atoms with Crippen LogP contribution in [0.4, 0.5) is 36.3 Å². The fourth-order valence-corrected chi connectivity index (χ4v) is 6.90. The Hall–Kier alpha value is -5.90. The van der Waals surface area contributed by atoms with Gasteiger partial charge in [0, 0.05) is 70.2 Å². The first-order valence-electron chi connectivity index (χ1n) is 19.3. The maximum Gasteiger partial charge on any atom is 0.421 e. The molecular weight excluding hydrogens is 795 g/mol. The van der Waals surface area contributed by atoms with Gasteiger partial charge in [0.15, 0.2) is 0 Å². The van der Waals surface area contributed by atoms with Crippen molar-refractivity contribution in [1.29, 1.82) is 0 Å². The van der Waals surface area contributed by atoms with Crippen LogP contribution in [0.5, 0.6) is 5.75 Å². The molecule has 2 saturated heterocycles. The number of halogens is 3. The van der Waals surface area contributed by atoms with E-state index in [9.17, 15) is 37.1 Å². The molecule has 0 spiro atoms. The van der Waals surface area contributed by atoms with Crippen LogP contribution in [0, 0.1) is 0 Å². The van der Waals surface area contributed by atoms with E-state index in [4.69, 9.17) is 18.9 Å². The van der Waals surface area contributed by atoms with E-state index >= 15 is 0 Å². The first kappa shape index (κ1) is 43.7. The zero-order chi connectivity index (χ0) is 42.8. The number of amides is 5. The number of piperidine rings is 1. The molecule has 1 aromatic heterocycles. The molecule has 1 unspecified atom stereocenters. The topological polar surface area (TPSA) is 206 Å². The molecule has 0 radical (unpaired) electrons. The largest absolute Gasteiger partial charge is 0.495 e. The fourth-order valence-electron chi connectivity index (χ4n) is 6.90. The lowest BCUT2D eigenvalue weighted by atomic mass is 10.0. The molecule has 0 saturated carbocycles. The second-order valence-electron chi connectivity index (χ2n) is 13.8. The molecule has 3 aromatic rings. The van der Waals surface area contributed by atoms with Crippen LogP contribution in [0.25, 0.3) is 0 Å².